The second kappa shape index (κ2) is 7.18. The first kappa shape index (κ1) is 18.9. The molecule has 8 nitrogen and oxygen atoms in total. The number of imidazole rings is 1. The van der Waals surface area contributed by atoms with E-state index >= 15 is 0 Å². The number of rotatable bonds is 6. The highest BCUT2D eigenvalue weighted by Gasteiger charge is 2.21. The maximum atomic E-state index is 12.7. The first-order chi connectivity index (χ1) is 11.7. The number of nitrogens with zero attached hydrogens (tertiary/aromatic N) is 4. The van der Waals surface area contributed by atoms with Crippen molar-refractivity contribution in [1.29, 1.82) is 5.41 Å². The molecule has 0 amide bonds. The van der Waals surface area contributed by atoms with Crippen molar-refractivity contribution in [1.82, 2.24) is 18.7 Å². The number of nitrogens with two attached hydrogens (primary N) is 1. The maximum absolute atomic E-state index is 12.7. The number of hydrogen-bond acceptors (Lipinski definition) is 5. The van der Waals surface area contributed by atoms with Gasteiger partial charge in [-0.25, -0.2) is 9.78 Å². The third kappa shape index (κ3) is 3.48. The van der Waals surface area contributed by atoms with Crippen LogP contribution in [0.15, 0.2) is 21.2 Å². The van der Waals surface area contributed by atoms with Gasteiger partial charge in [-0.3, -0.25) is 13.9 Å². The van der Waals surface area contributed by atoms with Gasteiger partial charge in [-0.15, -0.1) is 0 Å². The molecule has 2 aromatic heterocycles. The SMILES string of the molecule is CC(C)=CCn1c(C(=N)CC(C)CN)nc2c1c(=O)n(C)c(=O)n2C. The number of aromatic nitrogens is 4. The Morgan fingerprint density at radius 3 is 2.48 bits per heavy atom. The topological polar surface area (TPSA) is 112 Å². The molecule has 136 valence electrons. The molecule has 0 aliphatic rings. The standard InChI is InChI=1S/C17H26N6O2/c1-10(2)6-7-23-13-15(21(4)17(25)22(5)16(13)24)20-14(23)12(19)8-11(3)9-18/h6,11,19H,7-9,18H2,1-5H3. The summed E-state index contributed by atoms with van der Waals surface area (Å²) in [6.07, 6.45) is 2.43. The number of allylic oxidation sites excluding steroid dienone is 2. The Morgan fingerprint density at radius 2 is 1.92 bits per heavy atom. The van der Waals surface area contributed by atoms with Gasteiger partial charge in [0.25, 0.3) is 5.56 Å². The zero-order valence-electron chi connectivity index (χ0n) is 15.5. The molecule has 1 atom stereocenters. The van der Waals surface area contributed by atoms with Crippen molar-refractivity contribution in [2.75, 3.05) is 6.54 Å². The van der Waals surface area contributed by atoms with Crippen LogP contribution in [-0.4, -0.2) is 30.9 Å². The monoisotopic (exact) mass is 346 g/mol. The molecule has 0 spiro atoms. The minimum Gasteiger partial charge on any atom is -0.330 e. The van der Waals surface area contributed by atoms with Gasteiger partial charge in [0.2, 0.25) is 0 Å². The van der Waals surface area contributed by atoms with Crippen LogP contribution in [0.4, 0.5) is 0 Å². The van der Waals surface area contributed by atoms with Crippen molar-refractivity contribution < 1.29 is 0 Å². The Balaban J connectivity index is 2.79. The van der Waals surface area contributed by atoms with E-state index < -0.39 is 11.2 Å². The summed E-state index contributed by atoms with van der Waals surface area (Å²) < 4.78 is 4.13. The van der Waals surface area contributed by atoms with Crippen LogP contribution in [0.25, 0.3) is 11.2 Å². The molecule has 0 fully saturated rings. The minimum atomic E-state index is -0.433. The first-order valence-electron chi connectivity index (χ1n) is 8.26. The summed E-state index contributed by atoms with van der Waals surface area (Å²) in [5.74, 6) is 0.543. The molecular formula is C17H26N6O2. The molecule has 25 heavy (non-hydrogen) atoms. The van der Waals surface area contributed by atoms with Crippen LogP contribution in [-0.2, 0) is 20.6 Å². The van der Waals surface area contributed by atoms with E-state index in [1.807, 2.05) is 26.8 Å². The van der Waals surface area contributed by atoms with E-state index in [1.54, 1.807) is 11.6 Å². The van der Waals surface area contributed by atoms with Gasteiger partial charge in [0.05, 0.1) is 5.71 Å². The Labute approximate surface area is 146 Å². The van der Waals surface area contributed by atoms with Gasteiger partial charge in [-0.2, -0.15) is 0 Å². The third-order valence-electron chi connectivity index (χ3n) is 4.25. The largest absolute Gasteiger partial charge is 0.332 e. The zero-order valence-corrected chi connectivity index (χ0v) is 15.5. The lowest BCUT2D eigenvalue weighted by Gasteiger charge is -2.11. The highest BCUT2D eigenvalue weighted by molar-refractivity contribution is 5.97. The van der Waals surface area contributed by atoms with E-state index in [0.29, 0.717) is 42.2 Å². The fraction of sp³-hybridized carbons (Fsp3) is 0.529. The quantitative estimate of drug-likeness (QED) is 0.594. The van der Waals surface area contributed by atoms with Crippen LogP contribution < -0.4 is 17.0 Å². The Morgan fingerprint density at radius 1 is 1.28 bits per heavy atom. The highest BCUT2D eigenvalue weighted by Crippen LogP contribution is 2.15. The van der Waals surface area contributed by atoms with E-state index in [4.69, 9.17) is 11.1 Å². The molecule has 1 unspecified atom stereocenters. The predicted octanol–water partition coefficient (Wildman–Crippen LogP) is 0.753. The van der Waals surface area contributed by atoms with E-state index in [-0.39, 0.29) is 5.92 Å². The Bertz CT molecular complexity index is 956. The predicted molar refractivity (Wildman–Crippen MR) is 99.3 cm³/mol. The first-order valence-corrected chi connectivity index (χ1v) is 8.26. The number of nitrogens with one attached hydrogen (secondary N) is 1. The lowest BCUT2D eigenvalue weighted by Crippen LogP contribution is -2.37. The molecule has 2 heterocycles. The van der Waals surface area contributed by atoms with Crippen molar-refractivity contribution in [3.8, 4) is 0 Å². The van der Waals surface area contributed by atoms with Gasteiger partial charge in [-0.05, 0) is 32.7 Å². The van der Waals surface area contributed by atoms with E-state index in [0.717, 1.165) is 10.1 Å². The lowest BCUT2D eigenvalue weighted by molar-refractivity contribution is 0.618. The van der Waals surface area contributed by atoms with Crippen LogP contribution in [0.1, 0.15) is 33.0 Å². The van der Waals surface area contributed by atoms with Crippen molar-refractivity contribution in [3.05, 3.63) is 38.3 Å². The number of aryl methyl sites for hydroxylation is 1. The fourth-order valence-electron chi connectivity index (χ4n) is 2.65. The van der Waals surface area contributed by atoms with Crippen molar-refractivity contribution in [3.63, 3.8) is 0 Å². The van der Waals surface area contributed by atoms with E-state index in [2.05, 4.69) is 4.98 Å². The minimum absolute atomic E-state index is 0.135. The average Bonchev–Trinajstić information content (AvgIpc) is 2.95. The van der Waals surface area contributed by atoms with Crippen LogP contribution in [0.3, 0.4) is 0 Å². The molecule has 0 saturated heterocycles. The molecule has 2 aromatic rings. The van der Waals surface area contributed by atoms with Gasteiger partial charge in [0.1, 0.15) is 0 Å². The van der Waals surface area contributed by atoms with E-state index in [1.165, 1.54) is 11.6 Å². The second-order valence-corrected chi connectivity index (χ2v) is 6.73. The van der Waals surface area contributed by atoms with Gasteiger partial charge < -0.3 is 15.7 Å². The molecule has 0 bridgehead atoms. The summed E-state index contributed by atoms with van der Waals surface area (Å²) in [5.41, 5.74) is 6.87. The van der Waals surface area contributed by atoms with Gasteiger partial charge in [0, 0.05) is 20.6 Å². The summed E-state index contributed by atoms with van der Waals surface area (Å²) in [4.78, 5) is 29.3. The van der Waals surface area contributed by atoms with Crippen molar-refractivity contribution >= 4 is 16.9 Å². The summed E-state index contributed by atoms with van der Waals surface area (Å²) in [7, 11) is 3.03. The maximum Gasteiger partial charge on any atom is 0.332 e. The van der Waals surface area contributed by atoms with Gasteiger partial charge in [-0.1, -0.05) is 18.6 Å². The number of fused-ring (bicyclic) bond motifs is 1. The summed E-state index contributed by atoms with van der Waals surface area (Å²) >= 11 is 0. The number of hydrogen-bond donors (Lipinski definition) is 2. The molecule has 0 aliphatic heterocycles. The van der Waals surface area contributed by atoms with Gasteiger partial charge in [0.15, 0.2) is 17.0 Å². The molecule has 8 heteroatoms. The third-order valence-corrected chi connectivity index (χ3v) is 4.25. The Hall–Kier alpha value is -2.48. The molecule has 0 aliphatic carbocycles. The zero-order chi connectivity index (χ0) is 18.9. The summed E-state index contributed by atoms with van der Waals surface area (Å²) in [6.45, 7) is 6.78. The van der Waals surface area contributed by atoms with Crippen molar-refractivity contribution in [2.45, 2.75) is 33.7 Å². The second-order valence-electron chi connectivity index (χ2n) is 6.73. The van der Waals surface area contributed by atoms with Gasteiger partial charge >= 0.3 is 5.69 Å². The molecule has 3 N–H and O–H groups in total. The molecule has 0 aromatic carbocycles. The summed E-state index contributed by atoms with van der Waals surface area (Å²) in [5, 5.41) is 8.42. The molecule has 0 radical (unpaired) electrons. The van der Waals surface area contributed by atoms with Crippen LogP contribution in [0, 0.1) is 11.3 Å². The van der Waals surface area contributed by atoms with Crippen LogP contribution in [0.2, 0.25) is 0 Å². The molecular weight excluding hydrogens is 320 g/mol. The van der Waals surface area contributed by atoms with Crippen molar-refractivity contribution in [2.24, 2.45) is 25.7 Å². The fourth-order valence-corrected chi connectivity index (χ4v) is 2.65. The molecule has 2 rings (SSSR count). The normalized spacial score (nSPS) is 12.4. The molecule has 0 saturated carbocycles. The van der Waals surface area contributed by atoms with Crippen LogP contribution >= 0.6 is 0 Å². The van der Waals surface area contributed by atoms with E-state index in [9.17, 15) is 9.59 Å². The summed E-state index contributed by atoms with van der Waals surface area (Å²) in [6, 6.07) is 0. The van der Waals surface area contributed by atoms with Crippen LogP contribution in [0.5, 0.6) is 0 Å². The smallest absolute Gasteiger partial charge is 0.330 e. The Kier molecular flexibility index (Phi) is 5.42. The average molecular weight is 346 g/mol. The lowest BCUT2D eigenvalue weighted by atomic mass is 10.0. The highest BCUT2D eigenvalue weighted by atomic mass is 16.2.